The van der Waals surface area contributed by atoms with Crippen LogP contribution in [-0.4, -0.2) is 4.98 Å². The number of rotatable bonds is 2. The first-order valence-corrected chi connectivity index (χ1v) is 8.53. The topological polar surface area (TPSA) is 12.9 Å². The number of fused-ring (bicyclic) bond motifs is 1. The summed E-state index contributed by atoms with van der Waals surface area (Å²) in [6, 6.07) is 20.8. The second-order valence-corrected chi connectivity index (χ2v) is 6.50. The van der Waals surface area contributed by atoms with Gasteiger partial charge in [0.25, 0.3) is 0 Å². The number of halogens is 1. The number of pyridine rings is 1. The molecule has 0 fully saturated rings. The summed E-state index contributed by atoms with van der Waals surface area (Å²) in [5, 5.41) is 0.778. The standard InChI is InChI=1S/C21H18ClN/c22-17-12-10-15(11-13-17)19-14-21(16-6-2-1-3-7-16)23-20-9-5-4-8-18(19)20/h1-3,6-7,10-14H,4-5,8-9H2. The van der Waals surface area contributed by atoms with Crippen LogP contribution in [0.5, 0.6) is 0 Å². The molecule has 2 aromatic carbocycles. The first-order chi connectivity index (χ1) is 11.3. The molecule has 0 atom stereocenters. The molecule has 0 saturated heterocycles. The maximum atomic E-state index is 6.06. The number of aryl methyl sites for hydroxylation is 1. The maximum Gasteiger partial charge on any atom is 0.0711 e. The summed E-state index contributed by atoms with van der Waals surface area (Å²) in [7, 11) is 0. The van der Waals surface area contributed by atoms with Gasteiger partial charge >= 0.3 is 0 Å². The fraction of sp³-hybridized carbons (Fsp3) is 0.190. The van der Waals surface area contributed by atoms with Gasteiger partial charge in [0.15, 0.2) is 0 Å². The van der Waals surface area contributed by atoms with Crippen LogP contribution in [0.15, 0.2) is 60.7 Å². The number of benzene rings is 2. The predicted octanol–water partition coefficient (Wildman–Crippen LogP) is 5.95. The van der Waals surface area contributed by atoms with Crippen molar-refractivity contribution >= 4 is 11.6 Å². The van der Waals surface area contributed by atoms with E-state index in [2.05, 4.69) is 42.5 Å². The summed E-state index contributed by atoms with van der Waals surface area (Å²) >= 11 is 6.06. The monoisotopic (exact) mass is 319 g/mol. The lowest BCUT2D eigenvalue weighted by molar-refractivity contribution is 0.670. The Morgan fingerprint density at radius 1 is 0.783 bits per heavy atom. The van der Waals surface area contributed by atoms with Crippen LogP contribution in [0.3, 0.4) is 0 Å². The van der Waals surface area contributed by atoms with Crippen LogP contribution >= 0.6 is 11.6 Å². The Morgan fingerprint density at radius 3 is 2.30 bits per heavy atom. The molecule has 0 aliphatic heterocycles. The molecule has 3 aromatic rings. The van der Waals surface area contributed by atoms with E-state index in [0.29, 0.717) is 0 Å². The van der Waals surface area contributed by atoms with E-state index in [1.165, 1.54) is 40.8 Å². The number of hydrogen-bond acceptors (Lipinski definition) is 1. The predicted molar refractivity (Wildman–Crippen MR) is 96.8 cm³/mol. The van der Waals surface area contributed by atoms with E-state index in [-0.39, 0.29) is 0 Å². The van der Waals surface area contributed by atoms with Crippen molar-refractivity contribution in [2.45, 2.75) is 25.7 Å². The summed E-state index contributed by atoms with van der Waals surface area (Å²) in [5.74, 6) is 0. The molecular weight excluding hydrogens is 302 g/mol. The van der Waals surface area contributed by atoms with Gasteiger partial charge < -0.3 is 0 Å². The molecule has 2 heteroatoms. The van der Waals surface area contributed by atoms with Gasteiger partial charge in [-0.1, -0.05) is 54.1 Å². The number of nitrogens with zero attached hydrogens (tertiary/aromatic N) is 1. The van der Waals surface area contributed by atoms with Crippen LogP contribution < -0.4 is 0 Å². The molecule has 114 valence electrons. The van der Waals surface area contributed by atoms with Crippen molar-refractivity contribution in [2.75, 3.05) is 0 Å². The zero-order chi connectivity index (χ0) is 15.6. The van der Waals surface area contributed by atoms with Gasteiger partial charge in [-0.15, -0.1) is 0 Å². The molecule has 1 nitrogen and oxygen atoms in total. The summed E-state index contributed by atoms with van der Waals surface area (Å²) in [4.78, 5) is 4.96. The largest absolute Gasteiger partial charge is 0.253 e. The Kier molecular flexibility index (Phi) is 3.88. The van der Waals surface area contributed by atoms with Gasteiger partial charge in [-0.2, -0.15) is 0 Å². The highest BCUT2D eigenvalue weighted by atomic mass is 35.5. The van der Waals surface area contributed by atoms with Gasteiger partial charge in [0.2, 0.25) is 0 Å². The maximum absolute atomic E-state index is 6.06. The number of hydrogen-bond donors (Lipinski definition) is 0. The van der Waals surface area contributed by atoms with E-state index >= 15 is 0 Å². The van der Waals surface area contributed by atoms with Crippen molar-refractivity contribution in [1.29, 1.82) is 0 Å². The molecule has 0 unspecified atom stereocenters. The Hall–Kier alpha value is -2.12. The summed E-state index contributed by atoms with van der Waals surface area (Å²) < 4.78 is 0. The Labute approximate surface area is 142 Å². The minimum absolute atomic E-state index is 0.778. The molecule has 1 aliphatic rings. The highest BCUT2D eigenvalue weighted by Gasteiger charge is 2.18. The molecule has 0 spiro atoms. The minimum Gasteiger partial charge on any atom is -0.253 e. The lowest BCUT2D eigenvalue weighted by atomic mass is 9.88. The molecule has 23 heavy (non-hydrogen) atoms. The average Bonchev–Trinajstić information content (AvgIpc) is 2.62. The van der Waals surface area contributed by atoms with E-state index in [1.807, 2.05) is 18.2 Å². The van der Waals surface area contributed by atoms with Gasteiger partial charge in [0.05, 0.1) is 5.69 Å². The van der Waals surface area contributed by atoms with Crippen molar-refractivity contribution in [3.63, 3.8) is 0 Å². The Balaban J connectivity index is 1.91. The van der Waals surface area contributed by atoms with Crippen LogP contribution in [0, 0.1) is 0 Å². The highest BCUT2D eigenvalue weighted by molar-refractivity contribution is 6.30. The van der Waals surface area contributed by atoms with Crippen molar-refractivity contribution in [2.24, 2.45) is 0 Å². The normalized spacial score (nSPS) is 13.6. The van der Waals surface area contributed by atoms with Gasteiger partial charge in [-0.3, -0.25) is 4.98 Å². The molecule has 0 amide bonds. The lowest BCUT2D eigenvalue weighted by Crippen LogP contribution is -2.08. The first kappa shape index (κ1) is 14.5. The third-order valence-electron chi connectivity index (χ3n) is 4.53. The van der Waals surface area contributed by atoms with Crippen LogP contribution in [0.2, 0.25) is 5.02 Å². The Morgan fingerprint density at radius 2 is 1.52 bits per heavy atom. The van der Waals surface area contributed by atoms with Crippen molar-refractivity contribution in [3.05, 3.63) is 76.9 Å². The smallest absolute Gasteiger partial charge is 0.0711 e. The summed E-state index contributed by atoms with van der Waals surface area (Å²) in [6.07, 6.45) is 4.68. The molecule has 0 radical (unpaired) electrons. The van der Waals surface area contributed by atoms with Crippen LogP contribution in [-0.2, 0) is 12.8 Å². The van der Waals surface area contributed by atoms with Crippen LogP contribution in [0.4, 0.5) is 0 Å². The quantitative estimate of drug-likeness (QED) is 0.569. The molecule has 0 N–H and O–H groups in total. The Bertz CT molecular complexity index is 822. The van der Waals surface area contributed by atoms with Crippen molar-refractivity contribution in [3.8, 4) is 22.4 Å². The van der Waals surface area contributed by atoms with Crippen molar-refractivity contribution in [1.82, 2.24) is 4.98 Å². The molecule has 4 rings (SSSR count). The molecule has 0 bridgehead atoms. The fourth-order valence-electron chi connectivity index (χ4n) is 3.35. The third-order valence-corrected chi connectivity index (χ3v) is 4.78. The van der Waals surface area contributed by atoms with Crippen LogP contribution in [0.25, 0.3) is 22.4 Å². The van der Waals surface area contributed by atoms with Gasteiger partial charge in [0.1, 0.15) is 0 Å². The van der Waals surface area contributed by atoms with E-state index in [0.717, 1.165) is 23.6 Å². The molecular formula is C21H18ClN. The van der Waals surface area contributed by atoms with E-state index in [9.17, 15) is 0 Å². The average molecular weight is 320 g/mol. The summed E-state index contributed by atoms with van der Waals surface area (Å²) in [6.45, 7) is 0. The minimum atomic E-state index is 0.778. The molecule has 1 aliphatic carbocycles. The molecule has 1 aromatic heterocycles. The summed E-state index contributed by atoms with van der Waals surface area (Å²) in [5.41, 5.74) is 7.46. The molecule has 1 heterocycles. The van der Waals surface area contributed by atoms with Crippen molar-refractivity contribution < 1.29 is 0 Å². The molecule has 0 saturated carbocycles. The fourth-order valence-corrected chi connectivity index (χ4v) is 3.47. The van der Waals surface area contributed by atoms with Gasteiger partial charge in [-0.05, 0) is 60.6 Å². The third kappa shape index (κ3) is 2.89. The number of aromatic nitrogens is 1. The van der Waals surface area contributed by atoms with Gasteiger partial charge in [-0.25, -0.2) is 0 Å². The highest BCUT2D eigenvalue weighted by Crippen LogP contribution is 2.34. The van der Waals surface area contributed by atoms with Crippen LogP contribution in [0.1, 0.15) is 24.1 Å². The second kappa shape index (κ2) is 6.17. The SMILES string of the molecule is Clc1ccc(-c2cc(-c3ccccc3)nc3c2CCCC3)cc1. The van der Waals surface area contributed by atoms with Gasteiger partial charge in [0, 0.05) is 16.3 Å². The van der Waals surface area contributed by atoms with E-state index < -0.39 is 0 Å². The second-order valence-electron chi connectivity index (χ2n) is 6.06. The van der Waals surface area contributed by atoms with E-state index in [4.69, 9.17) is 16.6 Å². The first-order valence-electron chi connectivity index (χ1n) is 8.15. The zero-order valence-corrected chi connectivity index (χ0v) is 13.7. The lowest BCUT2D eigenvalue weighted by Gasteiger charge is -2.20. The van der Waals surface area contributed by atoms with E-state index in [1.54, 1.807) is 0 Å². The zero-order valence-electron chi connectivity index (χ0n) is 12.9.